The number of likely N-dealkylation sites (tertiary alicyclic amines) is 1. The first-order valence-electron chi connectivity index (χ1n) is 11.3. The molecule has 2 fully saturated rings. The van der Waals surface area contributed by atoms with Crippen molar-refractivity contribution in [2.45, 2.75) is 37.8 Å². The lowest BCUT2D eigenvalue weighted by molar-refractivity contribution is -0.139. The fourth-order valence-corrected chi connectivity index (χ4v) is 4.98. The predicted octanol–water partition coefficient (Wildman–Crippen LogP) is 3.88. The summed E-state index contributed by atoms with van der Waals surface area (Å²) in [5, 5.41) is 3.35. The third-order valence-corrected chi connectivity index (χ3v) is 6.96. The van der Waals surface area contributed by atoms with Gasteiger partial charge in [0, 0.05) is 17.1 Å². The van der Waals surface area contributed by atoms with Crippen molar-refractivity contribution in [3.8, 4) is 11.5 Å². The average Bonchev–Trinajstić information content (AvgIpc) is 3.43. The molecule has 180 valence electrons. The number of carbonyl (C=O) groups is 3. The first-order chi connectivity index (χ1) is 16.3. The number of urea groups is 1. The molecule has 0 aliphatic carbocycles. The minimum Gasteiger partial charge on any atom is -0.497 e. The smallest absolute Gasteiger partial charge is 0.325 e. The molecule has 2 aliphatic heterocycles. The number of imide groups is 1. The normalized spacial score (nSPS) is 22.2. The Bertz CT molecular complexity index is 1110. The number of hydrogen-bond acceptors (Lipinski definition) is 5. The van der Waals surface area contributed by atoms with E-state index in [-0.39, 0.29) is 18.5 Å². The molecule has 2 aromatic rings. The molecule has 4 amide bonds. The van der Waals surface area contributed by atoms with E-state index >= 15 is 0 Å². The van der Waals surface area contributed by atoms with Gasteiger partial charge in [-0.2, -0.15) is 0 Å². The quantitative estimate of drug-likeness (QED) is 0.601. The lowest BCUT2D eigenvalue weighted by Gasteiger charge is -2.29. The molecular weight excluding hydrogens is 458 g/mol. The Hall–Kier alpha value is -3.26. The van der Waals surface area contributed by atoms with Crippen LogP contribution in [0.5, 0.6) is 11.5 Å². The van der Waals surface area contributed by atoms with Gasteiger partial charge in [0.2, 0.25) is 5.91 Å². The van der Waals surface area contributed by atoms with Crippen LogP contribution in [0.4, 0.5) is 4.79 Å². The maximum Gasteiger partial charge on any atom is 0.325 e. The van der Waals surface area contributed by atoms with Gasteiger partial charge in [0.15, 0.2) is 0 Å². The number of amides is 4. The molecule has 8 nitrogen and oxygen atoms in total. The van der Waals surface area contributed by atoms with Crippen LogP contribution in [0.15, 0.2) is 42.5 Å². The van der Waals surface area contributed by atoms with Crippen LogP contribution in [0, 0.1) is 0 Å². The van der Waals surface area contributed by atoms with Gasteiger partial charge in [-0.3, -0.25) is 14.5 Å². The monoisotopic (exact) mass is 485 g/mol. The third-order valence-electron chi connectivity index (χ3n) is 6.71. The number of hydrogen-bond donors (Lipinski definition) is 1. The van der Waals surface area contributed by atoms with E-state index in [2.05, 4.69) is 5.32 Å². The number of nitrogens with zero attached hydrogens (tertiary/aromatic N) is 2. The van der Waals surface area contributed by atoms with Crippen molar-refractivity contribution in [1.82, 2.24) is 15.1 Å². The molecule has 2 heterocycles. The van der Waals surface area contributed by atoms with Crippen molar-refractivity contribution in [2.75, 3.05) is 27.3 Å². The van der Waals surface area contributed by atoms with Gasteiger partial charge in [-0.15, -0.1) is 0 Å². The molecule has 0 spiro atoms. The molecule has 2 aromatic carbocycles. The number of nitrogens with one attached hydrogen (secondary N) is 1. The summed E-state index contributed by atoms with van der Waals surface area (Å²) in [7, 11) is 3.17. The zero-order valence-electron chi connectivity index (χ0n) is 19.5. The zero-order chi connectivity index (χ0) is 24.5. The van der Waals surface area contributed by atoms with Crippen molar-refractivity contribution in [1.29, 1.82) is 0 Å². The first kappa shape index (κ1) is 23.9. The summed E-state index contributed by atoms with van der Waals surface area (Å²) in [6, 6.07) is 11.5. The predicted molar refractivity (Wildman–Crippen MR) is 127 cm³/mol. The maximum absolute atomic E-state index is 13.4. The highest BCUT2D eigenvalue weighted by molar-refractivity contribution is 6.30. The van der Waals surface area contributed by atoms with E-state index in [1.54, 1.807) is 49.5 Å². The van der Waals surface area contributed by atoms with Gasteiger partial charge in [-0.25, -0.2) is 4.79 Å². The number of ether oxygens (including phenoxy) is 2. The second kappa shape index (κ2) is 9.54. The topological polar surface area (TPSA) is 88.2 Å². The molecule has 2 unspecified atom stereocenters. The summed E-state index contributed by atoms with van der Waals surface area (Å²) < 4.78 is 10.9. The van der Waals surface area contributed by atoms with E-state index in [4.69, 9.17) is 21.1 Å². The van der Waals surface area contributed by atoms with Gasteiger partial charge in [-0.05, 0) is 55.2 Å². The molecule has 0 radical (unpaired) electrons. The summed E-state index contributed by atoms with van der Waals surface area (Å²) >= 11 is 6.00. The summed E-state index contributed by atoms with van der Waals surface area (Å²) in [5.41, 5.74) is 0.254. The Morgan fingerprint density at radius 2 is 1.88 bits per heavy atom. The molecule has 2 aliphatic rings. The van der Waals surface area contributed by atoms with Crippen LogP contribution in [0.25, 0.3) is 0 Å². The largest absolute Gasteiger partial charge is 0.497 e. The molecule has 34 heavy (non-hydrogen) atoms. The third kappa shape index (κ3) is 4.07. The molecule has 1 N–H and O–H groups in total. The second-order valence-electron chi connectivity index (χ2n) is 8.44. The van der Waals surface area contributed by atoms with Crippen LogP contribution < -0.4 is 14.8 Å². The Labute approximate surface area is 203 Å². The molecule has 0 saturated carbocycles. The lowest BCUT2D eigenvalue weighted by Crippen LogP contribution is -2.45. The van der Waals surface area contributed by atoms with Crippen molar-refractivity contribution >= 4 is 29.4 Å². The summed E-state index contributed by atoms with van der Waals surface area (Å²) in [6.45, 7) is 2.02. The number of benzene rings is 2. The molecule has 0 bridgehead atoms. The van der Waals surface area contributed by atoms with E-state index in [9.17, 15) is 14.4 Å². The fourth-order valence-electron chi connectivity index (χ4n) is 4.86. The van der Waals surface area contributed by atoms with E-state index in [1.165, 1.54) is 0 Å². The van der Waals surface area contributed by atoms with E-state index < -0.39 is 17.5 Å². The molecule has 4 rings (SSSR count). The van der Waals surface area contributed by atoms with Gasteiger partial charge in [-0.1, -0.05) is 30.7 Å². The molecular formula is C25H28ClN3O5. The van der Waals surface area contributed by atoms with E-state index in [1.807, 2.05) is 19.1 Å². The Kier molecular flexibility index (Phi) is 6.70. The standard InChI is InChI=1S/C25H28ClN3O5/c1-4-25(16-7-9-17(26)10-8-16)23(31)29(24(32)27-25)15-22(30)28-13-5-6-20(28)19-14-18(33-2)11-12-21(19)34-3/h7-12,14,20H,4-6,13,15H2,1-3H3,(H,27,32). The molecule has 2 saturated heterocycles. The molecule has 0 aromatic heterocycles. The number of methoxy groups -OCH3 is 2. The van der Waals surface area contributed by atoms with Crippen molar-refractivity contribution in [3.05, 3.63) is 58.6 Å². The highest BCUT2D eigenvalue weighted by atomic mass is 35.5. The highest BCUT2D eigenvalue weighted by Crippen LogP contribution is 2.39. The van der Waals surface area contributed by atoms with Crippen LogP contribution in [0.3, 0.4) is 0 Å². The van der Waals surface area contributed by atoms with Crippen LogP contribution >= 0.6 is 11.6 Å². The summed E-state index contributed by atoms with van der Waals surface area (Å²) in [5.74, 6) is 0.595. The Morgan fingerprint density at radius 1 is 1.15 bits per heavy atom. The minimum atomic E-state index is -1.22. The highest BCUT2D eigenvalue weighted by Gasteiger charge is 2.52. The average molecular weight is 486 g/mol. The van der Waals surface area contributed by atoms with E-state index in [0.717, 1.165) is 23.3 Å². The van der Waals surface area contributed by atoms with Gasteiger partial charge in [0.1, 0.15) is 23.6 Å². The van der Waals surface area contributed by atoms with Crippen LogP contribution in [0.2, 0.25) is 5.02 Å². The van der Waals surface area contributed by atoms with Crippen LogP contribution in [-0.4, -0.2) is 55.0 Å². The molecule has 9 heteroatoms. The maximum atomic E-state index is 13.4. The first-order valence-corrected chi connectivity index (χ1v) is 11.6. The van der Waals surface area contributed by atoms with Gasteiger partial charge < -0.3 is 19.7 Å². The SMILES string of the molecule is CCC1(c2ccc(Cl)cc2)NC(=O)N(CC(=O)N2CCCC2c2cc(OC)ccc2OC)C1=O. The lowest BCUT2D eigenvalue weighted by atomic mass is 9.87. The van der Waals surface area contributed by atoms with Crippen molar-refractivity contribution in [2.24, 2.45) is 0 Å². The molecule has 2 atom stereocenters. The fraction of sp³-hybridized carbons (Fsp3) is 0.400. The van der Waals surface area contributed by atoms with Crippen LogP contribution in [-0.2, 0) is 15.1 Å². The van der Waals surface area contributed by atoms with Gasteiger partial charge in [0.25, 0.3) is 5.91 Å². The summed E-state index contributed by atoms with van der Waals surface area (Å²) in [6.07, 6.45) is 1.90. The summed E-state index contributed by atoms with van der Waals surface area (Å²) in [4.78, 5) is 42.4. The number of rotatable bonds is 7. The minimum absolute atomic E-state index is 0.231. The van der Waals surface area contributed by atoms with Gasteiger partial charge >= 0.3 is 6.03 Å². The number of carbonyl (C=O) groups excluding carboxylic acids is 3. The Balaban J connectivity index is 1.57. The number of halogens is 1. The van der Waals surface area contributed by atoms with E-state index in [0.29, 0.717) is 35.1 Å². The van der Waals surface area contributed by atoms with Gasteiger partial charge in [0.05, 0.1) is 20.3 Å². The Morgan fingerprint density at radius 3 is 2.53 bits per heavy atom. The zero-order valence-corrected chi connectivity index (χ0v) is 20.2. The second-order valence-corrected chi connectivity index (χ2v) is 8.88. The van der Waals surface area contributed by atoms with Crippen molar-refractivity contribution < 1.29 is 23.9 Å². The van der Waals surface area contributed by atoms with Crippen LogP contribution in [0.1, 0.15) is 43.4 Å². The van der Waals surface area contributed by atoms with Crippen molar-refractivity contribution in [3.63, 3.8) is 0 Å².